The van der Waals surface area contributed by atoms with Crippen LogP contribution in [0.4, 0.5) is 5.69 Å². The number of hydrogen-bond donors (Lipinski definition) is 1. The lowest BCUT2D eigenvalue weighted by molar-refractivity contribution is 0.0771. The van der Waals surface area contributed by atoms with E-state index in [1.807, 2.05) is 37.1 Å². The van der Waals surface area contributed by atoms with Crippen LogP contribution >= 0.6 is 0 Å². The summed E-state index contributed by atoms with van der Waals surface area (Å²) in [7, 11) is 1.87. The van der Waals surface area contributed by atoms with Crippen molar-refractivity contribution in [3.8, 4) is 0 Å². The highest BCUT2D eigenvalue weighted by molar-refractivity contribution is 5.99. The fourth-order valence-corrected chi connectivity index (χ4v) is 3.16. The van der Waals surface area contributed by atoms with E-state index < -0.39 is 0 Å². The summed E-state index contributed by atoms with van der Waals surface area (Å²) >= 11 is 0. The van der Waals surface area contributed by atoms with Gasteiger partial charge in [0.2, 0.25) is 0 Å². The van der Waals surface area contributed by atoms with Crippen molar-refractivity contribution in [3.63, 3.8) is 0 Å². The smallest absolute Gasteiger partial charge is 0.255 e. The van der Waals surface area contributed by atoms with Crippen LogP contribution in [0.2, 0.25) is 0 Å². The molecule has 0 bridgehead atoms. The van der Waals surface area contributed by atoms with Crippen LogP contribution in [0, 0.1) is 12.3 Å². The van der Waals surface area contributed by atoms with Gasteiger partial charge in [0.05, 0.1) is 5.56 Å². The van der Waals surface area contributed by atoms with E-state index in [9.17, 15) is 4.79 Å². The summed E-state index contributed by atoms with van der Waals surface area (Å²) < 4.78 is 0. The van der Waals surface area contributed by atoms with Crippen LogP contribution in [0.5, 0.6) is 0 Å². The number of carbonyl (C=O) groups excluding carboxylic acids is 1. The lowest BCUT2D eigenvalue weighted by atomic mass is 9.82. The summed E-state index contributed by atoms with van der Waals surface area (Å²) in [5, 5.41) is 3.14. The molecule has 1 aliphatic heterocycles. The zero-order valence-corrected chi connectivity index (χ0v) is 13.1. The van der Waals surface area contributed by atoms with E-state index in [4.69, 9.17) is 0 Å². The first kappa shape index (κ1) is 14.9. The standard InChI is InChI=1S/C17H26N2O/c1-5-17(6-2)9-10-19(12-17)16(20)14-8-7-13(3)11-15(14)18-4/h7-8,11,18H,5-6,9-10,12H2,1-4H3. The Morgan fingerprint density at radius 3 is 2.60 bits per heavy atom. The summed E-state index contributed by atoms with van der Waals surface area (Å²) in [4.78, 5) is 14.8. The normalized spacial score (nSPS) is 17.3. The Morgan fingerprint density at radius 2 is 2.05 bits per heavy atom. The lowest BCUT2D eigenvalue weighted by Gasteiger charge is -2.26. The molecule has 1 heterocycles. The monoisotopic (exact) mass is 274 g/mol. The van der Waals surface area contributed by atoms with Crippen LogP contribution in [-0.2, 0) is 0 Å². The molecule has 1 aliphatic rings. The number of amides is 1. The van der Waals surface area contributed by atoms with Gasteiger partial charge in [0, 0.05) is 25.8 Å². The zero-order chi connectivity index (χ0) is 14.8. The third kappa shape index (κ3) is 2.67. The summed E-state index contributed by atoms with van der Waals surface area (Å²) in [6.07, 6.45) is 3.44. The molecule has 0 spiro atoms. The van der Waals surface area contributed by atoms with E-state index in [-0.39, 0.29) is 5.91 Å². The Hall–Kier alpha value is -1.51. The summed E-state index contributed by atoms with van der Waals surface area (Å²) in [5.41, 5.74) is 3.23. The van der Waals surface area contributed by atoms with Gasteiger partial charge in [-0.15, -0.1) is 0 Å². The van der Waals surface area contributed by atoms with Gasteiger partial charge < -0.3 is 10.2 Å². The number of nitrogens with zero attached hydrogens (tertiary/aromatic N) is 1. The van der Waals surface area contributed by atoms with Gasteiger partial charge in [-0.25, -0.2) is 0 Å². The van der Waals surface area contributed by atoms with Crippen molar-refractivity contribution >= 4 is 11.6 Å². The Bertz CT molecular complexity index is 492. The highest BCUT2D eigenvalue weighted by Crippen LogP contribution is 2.37. The molecule has 20 heavy (non-hydrogen) atoms. The maximum Gasteiger partial charge on any atom is 0.255 e. The van der Waals surface area contributed by atoms with Crippen LogP contribution in [0.15, 0.2) is 18.2 Å². The second kappa shape index (κ2) is 5.86. The molecule has 0 aliphatic carbocycles. The molecule has 0 radical (unpaired) electrons. The van der Waals surface area contributed by atoms with Gasteiger partial charge in [-0.05, 0) is 49.3 Å². The molecule has 3 heteroatoms. The fourth-order valence-electron chi connectivity index (χ4n) is 3.16. The molecule has 110 valence electrons. The van der Waals surface area contributed by atoms with Crippen molar-refractivity contribution in [2.45, 2.75) is 40.0 Å². The SMILES string of the molecule is CCC1(CC)CCN(C(=O)c2ccc(C)cc2NC)C1. The van der Waals surface area contributed by atoms with Crippen LogP contribution in [0.1, 0.15) is 49.0 Å². The van der Waals surface area contributed by atoms with Crippen molar-refractivity contribution in [3.05, 3.63) is 29.3 Å². The maximum atomic E-state index is 12.7. The lowest BCUT2D eigenvalue weighted by Crippen LogP contribution is -2.32. The molecule has 1 aromatic carbocycles. The minimum atomic E-state index is 0.165. The van der Waals surface area contributed by atoms with E-state index in [1.54, 1.807) is 0 Å². The number of anilines is 1. The number of benzene rings is 1. The van der Waals surface area contributed by atoms with E-state index in [2.05, 4.69) is 19.2 Å². The molecule has 1 fully saturated rings. The van der Waals surface area contributed by atoms with E-state index in [1.165, 1.54) is 5.56 Å². The van der Waals surface area contributed by atoms with Crippen molar-refractivity contribution in [2.75, 3.05) is 25.5 Å². The quantitative estimate of drug-likeness (QED) is 0.908. The molecule has 2 rings (SSSR count). The molecule has 0 atom stereocenters. The Labute approximate surface area is 122 Å². The van der Waals surface area contributed by atoms with Gasteiger partial charge in [0.1, 0.15) is 0 Å². The van der Waals surface area contributed by atoms with Gasteiger partial charge in [-0.3, -0.25) is 4.79 Å². The van der Waals surface area contributed by atoms with Crippen LogP contribution in [-0.4, -0.2) is 30.9 Å². The highest BCUT2D eigenvalue weighted by Gasteiger charge is 2.37. The number of nitrogens with one attached hydrogen (secondary N) is 1. The first-order chi connectivity index (χ1) is 9.55. The predicted molar refractivity (Wildman–Crippen MR) is 84.3 cm³/mol. The average Bonchev–Trinajstić information content (AvgIpc) is 2.91. The van der Waals surface area contributed by atoms with Gasteiger partial charge in [0.25, 0.3) is 5.91 Å². The fraction of sp³-hybridized carbons (Fsp3) is 0.588. The number of likely N-dealkylation sites (tertiary alicyclic amines) is 1. The molecule has 0 unspecified atom stereocenters. The molecule has 1 amide bonds. The van der Waals surface area contributed by atoms with Gasteiger partial charge in [-0.1, -0.05) is 19.9 Å². The second-order valence-corrected chi connectivity index (χ2v) is 5.98. The predicted octanol–water partition coefficient (Wildman–Crippen LogP) is 3.69. The van der Waals surface area contributed by atoms with E-state index in [0.29, 0.717) is 5.41 Å². The molecule has 0 aromatic heterocycles. The Kier molecular flexibility index (Phi) is 4.36. The molecule has 1 saturated heterocycles. The average molecular weight is 274 g/mol. The van der Waals surface area contributed by atoms with Crippen molar-refractivity contribution in [1.29, 1.82) is 0 Å². The van der Waals surface area contributed by atoms with Crippen LogP contribution in [0.3, 0.4) is 0 Å². The Morgan fingerprint density at radius 1 is 1.35 bits per heavy atom. The number of aryl methyl sites for hydroxylation is 1. The van der Waals surface area contributed by atoms with Crippen molar-refractivity contribution in [1.82, 2.24) is 4.90 Å². The maximum absolute atomic E-state index is 12.7. The van der Waals surface area contributed by atoms with Crippen LogP contribution < -0.4 is 5.32 Å². The molecular weight excluding hydrogens is 248 g/mol. The molecule has 1 aromatic rings. The summed E-state index contributed by atoms with van der Waals surface area (Å²) in [6.45, 7) is 8.31. The number of rotatable bonds is 4. The van der Waals surface area contributed by atoms with Crippen molar-refractivity contribution < 1.29 is 4.79 Å². The van der Waals surface area contributed by atoms with Crippen LogP contribution in [0.25, 0.3) is 0 Å². The topological polar surface area (TPSA) is 32.3 Å². The van der Waals surface area contributed by atoms with Gasteiger partial charge >= 0.3 is 0 Å². The number of carbonyl (C=O) groups is 1. The molecule has 1 N–H and O–H groups in total. The minimum Gasteiger partial charge on any atom is -0.387 e. The third-order valence-corrected chi connectivity index (χ3v) is 4.90. The molecular formula is C17H26N2O. The van der Waals surface area contributed by atoms with Gasteiger partial charge in [-0.2, -0.15) is 0 Å². The highest BCUT2D eigenvalue weighted by atomic mass is 16.2. The van der Waals surface area contributed by atoms with Gasteiger partial charge in [0.15, 0.2) is 0 Å². The third-order valence-electron chi connectivity index (χ3n) is 4.90. The minimum absolute atomic E-state index is 0.165. The van der Waals surface area contributed by atoms with E-state index in [0.717, 1.165) is 43.6 Å². The zero-order valence-electron chi connectivity index (χ0n) is 13.1. The first-order valence-electron chi connectivity index (χ1n) is 7.63. The molecule has 3 nitrogen and oxygen atoms in total. The number of hydrogen-bond acceptors (Lipinski definition) is 2. The van der Waals surface area contributed by atoms with Crippen molar-refractivity contribution in [2.24, 2.45) is 5.41 Å². The van der Waals surface area contributed by atoms with E-state index >= 15 is 0 Å². The first-order valence-corrected chi connectivity index (χ1v) is 7.63. The largest absolute Gasteiger partial charge is 0.387 e. The summed E-state index contributed by atoms with van der Waals surface area (Å²) in [5.74, 6) is 0.165. The second-order valence-electron chi connectivity index (χ2n) is 5.98. The Balaban J connectivity index is 2.21. The summed E-state index contributed by atoms with van der Waals surface area (Å²) in [6, 6.07) is 5.99. The molecule has 0 saturated carbocycles.